The van der Waals surface area contributed by atoms with Gasteiger partial charge in [-0.2, -0.15) is 0 Å². The zero-order chi connectivity index (χ0) is 17.7. The van der Waals surface area contributed by atoms with Crippen molar-refractivity contribution in [3.05, 3.63) is 47.5 Å². The Hall–Kier alpha value is -2.19. The van der Waals surface area contributed by atoms with E-state index in [0.29, 0.717) is 17.2 Å². The van der Waals surface area contributed by atoms with E-state index >= 15 is 0 Å². The van der Waals surface area contributed by atoms with Gasteiger partial charge in [0.25, 0.3) is 5.91 Å². The van der Waals surface area contributed by atoms with E-state index in [-0.39, 0.29) is 11.5 Å². The number of carbonyl (C=O) groups is 1. The fourth-order valence-electron chi connectivity index (χ4n) is 2.15. The third-order valence-electron chi connectivity index (χ3n) is 3.27. The Labute approximate surface area is 146 Å². The summed E-state index contributed by atoms with van der Waals surface area (Å²) in [5, 5.41) is 2.52. The molecule has 0 aliphatic carbocycles. The number of benzene rings is 2. The van der Waals surface area contributed by atoms with Crippen LogP contribution in [0.1, 0.15) is 15.9 Å². The molecule has 24 heavy (non-hydrogen) atoms. The maximum absolute atomic E-state index is 12.1. The minimum Gasteiger partial charge on any atom is -0.457 e. The summed E-state index contributed by atoms with van der Waals surface area (Å²) in [6, 6.07) is 10.2. The van der Waals surface area contributed by atoms with Gasteiger partial charge in [-0.05, 0) is 55.1 Å². The Bertz CT molecular complexity index is 827. The van der Waals surface area contributed by atoms with Crippen LogP contribution in [0.3, 0.4) is 0 Å². The summed E-state index contributed by atoms with van der Waals surface area (Å²) in [6.07, 6.45) is 2.00. The molecule has 128 valence electrons. The standard InChI is InChI=1S/C16H18N2O4S2/c1-10-8-12(5-7-15(10)23-3)22-14-6-4-11(18-24(20)21)9-13(14)16(19)17-2/h4-9,24H,1-3H3,(H,17,19)(H,18,20,21). The first-order valence-electron chi connectivity index (χ1n) is 7.04. The van der Waals surface area contributed by atoms with Crippen LogP contribution in [0.5, 0.6) is 11.5 Å². The average molecular weight is 366 g/mol. The maximum atomic E-state index is 12.1. The number of carbonyl (C=O) groups excluding carboxylic acids is 1. The van der Waals surface area contributed by atoms with Crippen molar-refractivity contribution in [1.82, 2.24) is 5.32 Å². The molecule has 0 fully saturated rings. The number of hydrogen-bond acceptors (Lipinski definition) is 5. The van der Waals surface area contributed by atoms with E-state index in [1.54, 1.807) is 17.8 Å². The Morgan fingerprint density at radius 3 is 2.50 bits per heavy atom. The van der Waals surface area contributed by atoms with Crippen LogP contribution in [0, 0.1) is 6.92 Å². The van der Waals surface area contributed by atoms with Crippen molar-refractivity contribution in [2.45, 2.75) is 11.8 Å². The number of ether oxygens (including phenoxy) is 1. The molecule has 2 aromatic carbocycles. The van der Waals surface area contributed by atoms with Crippen molar-refractivity contribution < 1.29 is 17.9 Å². The molecule has 2 N–H and O–H groups in total. The topological polar surface area (TPSA) is 84.5 Å². The van der Waals surface area contributed by atoms with Crippen molar-refractivity contribution in [3.63, 3.8) is 0 Å². The van der Waals surface area contributed by atoms with E-state index in [1.807, 2.05) is 31.4 Å². The minimum absolute atomic E-state index is 0.242. The highest BCUT2D eigenvalue weighted by Crippen LogP contribution is 2.31. The highest BCUT2D eigenvalue weighted by molar-refractivity contribution is 7.98. The number of amides is 1. The highest BCUT2D eigenvalue weighted by atomic mass is 32.2. The van der Waals surface area contributed by atoms with Crippen LogP contribution >= 0.6 is 11.8 Å². The van der Waals surface area contributed by atoms with E-state index < -0.39 is 10.9 Å². The lowest BCUT2D eigenvalue weighted by molar-refractivity contribution is 0.0961. The number of hydrogen-bond donors (Lipinski definition) is 3. The van der Waals surface area contributed by atoms with Gasteiger partial charge in [-0.15, -0.1) is 11.8 Å². The van der Waals surface area contributed by atoms with Crippen LogP contribution in [0.15, 0.2) is 41.3 Å². The summed E-state index contributed by atoms with van der Waals surface area (Å²) < 4.78 is 29.6. The Balaban J connectivity index is 2.38. The van der Waals surface area contributed by atoms with Gasteiger partial charge in [0.1, 0.15) is 11.5 Å². The van der Waals surface area contributed by atoms with Crippen LogP contribution in [0.2, 0.25) is 0 Å². The van der Waals surface area contributed by atoms with Crippen molar-refractivity contribution in [2.24, 2.45) is 0 Å². The molecule has 0 saturated heterocycles. The lowest BCUT2D eigenvalue weighted by Crippen LogP contribution is -2.18. The molecule has 0 aliphatic rings. The second kappa shape index (κ2) is 8.07. The molecule has 2 aromatic rings. The molecular weight excluding hydrogens is 348 g/mol. The molecule has 6 nitrogen and oxygen atoms in total. The quantitative estimate of drug-likeness (QED) is 0.541. The summed E-state index contributed by atoms with van der Waals surface area (Å²) in [5.74, 6) is 0.579. The number of aryl methyl sites for hydroxylation is 1. The minimum atomic E-state index is -2.81. The first-order valence-corrected chi connectivity index (χ1v) is 9.44. The van der Waals surface area contributed by atoms with E-state index in [9.17, 15) is 13.2 Å². The molecule has 2 rings (SSSR count). The number of rotatable bonds is 6. The second-order valence-electron chi connectivity index (χ2n) is 4.89. The van der Waals surface area contributed by atoms with Gasteiger partial charge in [-0.25, -0.2) is 8.42 Å². The van der Waals surface area contributed by atoms with Gasteiger partial charge in [0.2, 0.25) is 10.9 Å². The van der Waals surface area contributed by atoms with Crippen molar-refractivity contribution in [1.29, 1.82) is 0 Å². The monoisotopic (exact) mass is 366 g/mol. The highest BCUT2D eigenvalue weighted by Gasteiger charge is 2.14. The Kier molecular flexibility index (Phi) is 6.10. The molecule has 0 spiro atoms. The number of anilines is 1. The van der Waals surface area contributed by atoms with Gasteiger partial charge in [0, 0.05) is 17.6 Å². The fourth-order valence-corrected chi connectivity index (χ4v) is 3.08. The van der Waals surface area contributed by atoms with E-state index in [1.165, 1.54) is 19.2 Å². The number of thioether (sulfide) groups is 1. The van der Waals surface area contributed by atoms with Crippen LogP contribution in [-0.2, 0) is 10.9 Å². The Morgan fingerprint density at radius 1 is 1.17 bits per heavy atom. The predicted octanol–water partition coefficient (Wildman–Crippen LogP) is 2.81. The molecule has 0 atom stereocenters. The SMILES string of the molecule is CNC(=O)c1cc(N[SH](=O)=O)ccc1Oc1ccc(SC)c(C)c1. The summed E-state index contributed by atoms with van der Waals surface area (Å²) >= 11 is 1.64. The predicted molar refractivity (Wildman–Crippen MR) is 96.8 cm³/mol. The lowest BCUT2D eigenvalue weighted by Gasteiger charge is -2.13. The molecule has 0 heterocycles. The van der Waals surface area contributed by atoms with Crippen LogP contribution in [0.25, 0.3) is 0 Å². The summed E-state index contributed by atoms with van der Waals surface area (Å²) in [5.41, 5.74) is 1.61. The van der Waals surface area contributed by atoms with Crippen LogP contribution < -0.4 is 14.8 Å². The van der Waals surface area contributed by atoms with Gasteiger partial charge in [0.15, 0.2) is 0 Å². The zero-order valence-corrected chi connectivity index (χ0v) is 15.2. The summed E-state index contributed by atoms with van der Waals surface area (Å²) in [7, 11) is -1.31. The molecule has 0 aliphatic heterocycles. The number of thiol groups is 1. The van der Waals surface area contributed by atoms with Gasteiger partial charge in [-0.3, -0.25) is 9.52 Å². The molecule has 0 unspecified atom stereocenters. The van der Waals surface area contributed by atoms with Crippen LogP contribution in [0.4, 0.5) is 5.69 Å². The number of nitrogens with one attached hydrogen (secondary N) is 2. The maximum Gasteiger partial charge on any atom is 0.254 e. The van der Waals surface area contributed by atoms with Crippen molar-refractivity contribution >= 4 is 34.2 Å². The molecule has 0 radical (unpaired) electrons. The van der Waals surface area contributed by atoms with Crippen molar-refractivity contribution in [2.75, 3.05) is 18.0 Å². The molecule has 1 amide bonds. The second-order valence-corrected chi connectivity index (χ2v) is 6.48. The lowest BCUT2D eigenvalue weighted by atomic mass is 10.1. The fraction of sp³-hybridized carbons (Fsp3) is 0.188. The van der Waals surface area contributed by atoms with Crippen molar-refractivity contribution in [3.8, 4) is 11.5 Å². The Morgan fingerprint density at radius 2 is 1.92 bits per heavy atom. The third kappa shape index (κ3) is 4.42. The third-order valence-corrected chi connectivity index (χ3v) is 4.60. The van der Waals surface area contributed by atoms with Gasteiger partial charge in [0.05, 0.1) is 5.56 Å². The largest absolute Gasteiger partial charge is 0.457 e. The van der Waals surface area contributed by atoms with Crippen LogP contribution in [-0.4, -0.2) is 27.6 Å². The normalized spacial score (nSPS) is 10.5. The zero-order valence-electron chi connectivity index (χ0n) is 13.5. The van der Waals surface area contributed by atoms with Gasteiger partial charge < -0.3 is 10.1 Å². The molecule has 0 saturated carbocycles. The van der Waals surface area contributed by atoms with Gasteiger partial charge in [-0.1, -0.05) is 0 Å². The average Bonchev–Trinajstić information content (AvgIpc) is 2.55. The van der Waals surface area contributed by atoms with E-state index in [0.717, 1.165) is 10.5 Å². The molecule has 0 aromatic heterocycles. The van der Waals surface area contributed by atoms with E-state index in [4.69, 9.17) is 4.74 Å². The first kappa shape index (κ1) is 18.2. The van der Waals surface area contributed by atoms with Gasteiger partial charge >= 0.3 is 0 Å². The molecule has 8 heteroatoms. The summed E-state index contributed by atoms with van der Waals surface area (Å²) in [4.78, 5) is 13.2. The molecular formula is C16H18N2O4S2. The summed E-state index contributed by atoms with van der Waals surface area (Å²) in [6.45, 7) is 1.98. The molecule has 0 bridgehead atoms. The van der Waals surface area contributed by atoms with E-state index in [2.05, 4.69) is 10.0 Å². The first-order chi connectivity index (χ1) is 11.4. The smallest absolute Gasteiger partial charge is 0.254 e.